The van der Waals surface area contributed by atoms with E-state index in [-0.39, 0.29) is 10.8 Å². The van der Waals surface area contributed by atoms with Crippen LogP contribution in [0.25, 0.3) is 0 Å². The Hall–Kier alpha value is -1.44. The third kappa shape index (κ3) is 5.02. The van der Waals surface area contributed by atoms with E-state index in [1.54, 1.807) is 12.1 Å². The minimum absolute atomic E-state index is 0.0396. The topological polar surface area (TPSA) is 75.7 Å². The van der Waals surface area contributed by atoms with Crippen molar-refractivity contribution in [3.63, 3.8) is 0 Å². The molecule has 0 spiro atoms. The van der Waals surface area contributed by atoms with Crippen LogP contribution < -0.4 is 5.32 Å². The molecule has 1 fully saturated rings. The van der Waals surface area contributed by atoms with Gasteiger partial charge in [0.05, 0.1) is 18.1 Å². The second-order valence-corrected chi connectivity index (χ2v) is 7.48. The van der Waals surface area contributed by atoms with Crippen molar-refractivity contribution in [3.8, 4) is 0 Å². The van der Waals surface area contributed by atoms with E-state index in [4.69, 9.17) is 4.74 Å². The predicted octanol–water partition coefficient (Wildman–Crippen LogP) is 2.23. The van der Waals surface area contributed by atoms with E-state index in [0.717, 1.165) is 19.3 Å². The lowest BCUT2D eigenvalue weighted by Gasteiger charge is -2.26. The Balaban J connectivity index is 1.97. The average molecular weight is 340 g/mol. The Kier molecular flexibility index (Phi) is 6.56. The molecule has 128 valence electrons. The van der Waals surface area contributed by atoms with E-state index in [9.17, 15) is 13.2 Å². The standard InChI is InChI=1S/C16H24N2O4S/c1-2-3-4-5-16(19)17-14-6-8-15(9-7-14)23(20,21)18-10-12-22-13-11-18/h6-9H,2-5,10-13H2,1H3,(H,17,19). The number of unbranched alkanes of at least 4 members (excludes halogenated alkanes) is 2. The van der Waals surface area contributed by atoms with Gasteiger partial charge in [-0.15, -0.1) is 0 Å². The number of hydrogen-bond acceptors (Lipinski definition) is 4. The van der Waals surface area contributed by atoms with Crippen molar-refractivity contribution < 1.29 is 17.9 Å². The third-order valence-electron chi connectivity index (χ3n) is 3.75. The van der Waals surface area contributed by atoms with E-state index in [2.05, 4.69) is 12.2 Å². The highest BCUT2D eigenvalue weighted by atomic mass is 32.2. The van der Waals surface area contributed by atoms with Gasteiger partial charge in [0.15, 0.2) is 0 Å². The monoisotopic (exact) mass is 340 g/mol. The number of nitrogens with zero attached hydrogens (tertiary/aromatic N) is 1. The largest absolute Gasteiger partial charge is 0.379 e. The Bertz CT molecular complexity index is 607. The lowest BCUT2D eigenvalue weighted by Crippen LogP contribution is -2.40. The number of sulfonamides is 1. The number of amides is 1. The summed E-state index contributed by atoms with van der Waals surface area (Å²) in [6, 6.07) is 6.33. The van der Waals surface area contributed by atoms with Crippen LogP contribution in [0.3, 0.4) is 0 Å². The van der Waals surface area contributed by atoms with Gasteiger partial charge in [0.25, 0.3) is 0 Å². The molecule has 1 amide bonds. The second kappa shape index (κ2) is 8.42. The Labute approximate surface area is 137 Å². The van der Waals surface area contributed by atoms with E-state index >= 15 is 0 Å². The molecule has 23 heavy (non-hydrogen) atoms. The van der Waals surface area contributed by atoms with Crippen molar-refractivity contribution in [2.75, 3.05) is 31.6 Å². The molecule has 0 aromatic heterocycles. The summed E-state index contributed by atoms with van der Waals surface area (Å²) in [7, 11) is -3.48. The van der Waals surface area contributed by atoms with Gasteiger partial charge >= 0.3 is 0 Å². The molecule has 1 saturated heterocycles. The third-order valence-corrected chi connectivity index (χ3v) is 5.67. The molecule has 1 heterocycles. The first-order chi connectivity index (χ1) is 11.0. The van der Waals surface area contributed by atoms with E-state index in [1.807, 2.05) is 0 Å². The van der Waals surface area contributed by atoms with Gasteiger partial charge in [0, 0.05) is 25.2 Å². The number of ether oxygens (including phenoxy) is 1. The Morgan fingerprint density at radius 2 is 1.83 bits per heavy atom. The molecule has 0 radical (unpaired) electrons. The Morgan fingerprint density at radius 3 is 2.43 bits per heavy atom. The highest BCUT2D eigenvalue weighted by Gasteiger charge is 2.26. The van der Waals surface area contributed by atoms with Gasteiger partial charge in [0.1, 0.15) is 0 Å². The fourth-order valence-corrected chi connectivity index (χ4v) is 3.81. The molecule has 2 rings (SSSR count). The van der Waals surface area contributed by atoms with E-state index < -0.39 is 10.0 Å². The Morgan fingerprint density at radius 1 is 1.17 bits per heavy atom. The zero-order chi connectivity index (χ0) is 16.7. The van der Waals surface area contributed by atoms with Crippen LogP contribution in [-0.4, -0.2) is 44.9 Å². The molecule has 0 saturated carbocycles. The second-order valence-electron chi connectivity index (χ2n) is 5.55. The molecule has 1 aromatic carbocycles. The summed E-state index contributed by atoms with van der Waals surface area (Å²) in [5.41, 5.74) is 0.618. The number of nitrogens with one attached hydrogen (secondary N) is 1. The van der Waals surface area contributed by atoms with Gasteiger partial charge in [-0.1, -0.05) is 19.8 Å². The summed E-state index contributed by atoms with van der Waals surface area (Å²) in [6.07, 6.45) is 3.46. The number of morpholine rings is 1. The highest BCUT2D eigenvalue weighted by molar-refractivity contribution is 7.89. The SMILES string of the molecule is CCCCCC(=O)Nc1ccc(S(=O)(=O)N2CCOCC2)cc1. The van der Waals surface area contributed by atoms with Crippen molar-refractivity contribution in [1.82, 2.24) is 4.31 Å². The van der Waals surface area contributed by atoms with Crippen molar-refractivity contribution in [2.45, 2.75) is 37.5 Å². The van der Waals surface area contributed by atoms with Crippen LogP contribution >= 0.6 is 0 Å². The maximum atomic E-state index is 12.5. The first-order valence-electron chi connectivity index (χ1n) is 8.02. The first-order valence-corrected chi connectivity index (χ1v) is 9.46. The van der Waals surface area contributed by atoms with Crippen LogP contribution in [0.1, 0.15) is 32.6 Å². The fourth-order valence-electron chi connectivity index (χ4n) is 2.41. The minimum atomic E-state index is -3.48. The van der Waals surface area contributed by atoms with Gasteiger partial charge in [0.2, 0.25) is 15.9 Å². The summed E-state index contributed by atoms with van der Waals surface area (Å²) in [6.45, 7) is 3.68. The van der Waals surface area contributed by atoms with Crippen LogP contribution in [0, 0.1) is 0 Å². The molecule has 7 heteroatoms. The molecule has 1 aliphatic heterocycles. The average Bonchev–Trinajstić information content (AvgIpc) is 2.56. The van der Waals surface area contributed by atoms with Crippen molar-refractivity contribution in [2.24, 2.45) is 0 Å². The van der Waals surface area contributed by atoms with Gasteiger partial charge < -0.3 is 10.1 Å². The van der Waals surface area contributed by atoms with Gasteiger partial charge in [-0.05, 0) is 30.7 Å². The minimum Gasteiger partial charge on any atom is -0.379 e. The summed E-state index contributed by atoms with van der Waals surface area (Å²) < 4.78 is 31.6. The molecule has 1 aliphatic rings. The quantitative estimate of drug-likeness (QED) is 0.772. The first kappa shape index (κ1) is 17.9. The van der Waals surface area contributed by atoms with Crippen molar-refractivity contribution in [1.29, 1.82) is 0 Å². The lowest BCUT2D eigenvalue weighted by molar-refractivity contribution is -0.116. The molecule has 6 nitrogen and oxygen atoms in total. The zero-order valence-corrected chi connectivity index (χ0v) is 14.3. The molecule has 0 atom stereocenters. The summed E-state index contributed by atoms with van der Waals surface area (Å²) >= 11 is 0. The lowest BCUT2D eigenvalue weighted by atomic mass is 10.2. The van der Waals surface area contributed by atoms with E-state index in [0.29, 0.717) is 38.4 Å². The summed E-state index contributed by atoms with van der Waals surface area (Å²) in [4.78, 5) is 12.0. The fraction of sp³-hybridized carbons (Fsp3) is 0.562. The molecule has 0 aliphatic carbocycles. The van der Waals surface area contributed by atoms with Crippen LogP contribution in [0.15, 0.2) is 29.2 Å². The number of carbonyl (C=O) groups excluding carboxylic acids is 1. The number of hydrogen-bond donors (Lipinski definition) is 1. The molecular formula is C16H24N2O4S. The number of benzene rings is 1. The van der Waals surface area contributed by atoms with Crippen molar-refractivity contribution in [3.05, 3.63) is 24.3 Å². The maximum Gasteiger partial charge on any atom is 0.243 e. The van der Waals surface area contributed by atoms with Gasteiger partial charge in [-0.2, -0.15) is 4.31 Å². The van der Waals surface area contributed by atoms with Crippen molar-refractivity contribution >= 4 is 21.6 Å². The van der Waals surface area contributed by atoms with Crippen LogP contribution in [0.4, 0.5) is 5.69 Å². The summed E-state index contributed by atoms with van der Waals surface area (Å²) in [5, 5.41) is 2.79. The molecule has 0 bridgehead atoms. The van der Waals surface area contributed by atoms with Crippen LogP contribution in [-0.2, 0) is 19.6 Å². The number of anilines is 1. The highest BCUT2D eigenvalue weighted by Crippen LogP contribution is 2.19. The van der Waals surface area contributed by atoms with Crippen LogP contribution in [0.2, 0.25) is 0 Å². The predicted molar refractivity (Wildman–Crippen MR) is 88.8 cm³/mol. The van der Waals surface area contributed by atoms with Crippen LogP contribution in [0.5, 0.6) is 0 Å². The molecular weight excluding hydrogens is 316 g/mol. The molecule has 1 N–H and O–H groups in total. The van der Waals surface area contributed by atoms with Gasteiger partial charge in [-0.25, -0.2) is 8.42 Å². The zero-order valence-electron chi connectivity index (χ0n) is 13.5. The number of carbonyl (C=O) groups is 1. The van der Waals surface area contributed by atoms with Gasteiger partial charge in [-0.3, -0.25) is 4.79 Å². The number of rotatable bonds is 7. The smallest absolute Gasteiger partial charge is 0.243 e. The summed E-state index contributed by atoms with van der Waals surface area (Å²) in [5.74, 6) is -0.0396. The molecule has 0 unspecified atom stereocenters. The normalized spacial score (nSPS) is 16.2. The maximum absolute atomic E-state index is 12.5. The van der Waals surface area contributed by atoms with E-state index in [1.165, 1.54) is 16.4 Å². The molecule has 1 aromatic rings.